The molecule has 3 rings (SSSR count). The summed E-state index contributed by atoms with van der Waals surface area (Å²) >= 11 is 0.917. The topological polar surface area (TPSA) is 70.5 Å². The number of fused-ring (bicyclic) bond motifs is 1. The molecule has 2 unspecified atom stereocenters. The van der Waals surface area contributed by atoms with E-state index in [0.29, 0.717) is 28.8 Å². The van der Waals surface area contributed by atoms with Gasteiger partial charge in [-0.3, -0.25) is 9.59 Å². The molecule has 2 atom stereocenters. The van der Waals surface area contributed by atoms with Crippen LogP contribution < -0.4 is 0 Å². The minimum absolute atomic E-state index is 0.0402. The molecule has 1 aliphatic rings. The van der Waals surface area contributed by atoms with Crippen molar-refractivity contribution in [3.05, 3.63) is 28.3 Å². The van der Waals surface area contributed by atoms with Gasteiger partial charge in [0.2, 0.25) is 0 Å². The van der Waals surface area contributed by atoms with Crippen molar-refractivity contribution in [2.24, 2.45) is 11.8 Å². The Morgan fingerprint density at radius 1 is 1.31 bits per heavy atom. The van der Waals surface area contributed by atoms with Crippen LogP contribution in [0.2, 0.25) is 0 Å². The molecular formula is C17H17F3N2O3S. The second-order valence-corrected chi connectivity index (χ2v) is 7.69. The molecule has 140 valence electrons. The van der Waals surface area contributed by atoms with E-state index in [1.54, 1.807) is 6.92 Å². The van der Waals surface area contributed by atoms with Crippen molar-refractivity contribution in [2.45, 2.75) is 26.4 Å². The van der Waals surface area contributed by atoms with Gasteiger partial charge in [0.25, 0.3) is 5.91 Å². The number of thiophene rings is 1. The number of likely N-dealkylation sites (tertiary alicyclic amines) is 1. The summed E-state index contributed by atoms with van der Waals surface area (Å²) in [5.74, 6) is -1.89. The highest BCUT2D eigenvalue weighted by molar-refractivity contribution is 7.20. The second kappa shape index (κ2) is 6.53. The van der Waals surface area contributed by atoms with E-state index >= 15 is 0 Å². The van der Waals surface area contributed by atoms with Crippen LogP contribution in [0.4, 0.5) is 13.2 Å². The Bertz CT molecular complexity index is 878. The fraction of sp³-hybridized carbons (Fsp3) is 0.471. The lowest BCUT2D eigenvalue weighted by Gasteiger charge is -2.34. The zero-order chi connectivity index (χ0) is 19.2. The Morgan fingerprint density at radius 3 is 2.62 bits per heavy atom. The SMILES string of the molecule is Cc1c(C(=O)N2CC(C)CC(C(=O)O)C2)sc2nc(C(F)(F)F)ccc12. The molecule has 0 saturated carbocycles. The summed E-state index contributed by atoms with van der Waals surface area (Å²) in [4.78, 5) is 29.8. The smallest absolute Gasteiger partial charge is 0.433 e. The third-order valence-electron chi connectivity index (χ3n) is 4.58. The van der Waals surface area contributed by atoms with E-state index in [0.717, 1.165) is 17.4 Å². The largest absolute Gasteiger partial charge is 0.481 e. The second-order valence-electron chi connectivity index (χ2n) is 6.69. The van der Waals surface area contributed by atoms with Crippen molar-refractivity contribution >= 4 is 33.4 Å². The molecule has 0 radical (unpaired) electrons. The summed E-state index contributed by atoms with van der Waals surface area (Å²) in [5, 5.41) is 9.76. The summed E-state index contributed by atoms with van der Waals surface area (Å²) in [6.45, 7) is 4.08. The average Bonchev–Trinajstić information content (AvgIpc) is 2.89. The summed E-state index contributed by atoms with van der Waals surface area (Å²) < 4.78 is 38.5. The van der Waals surface area contributed by atoms with Gasteiger partial charge in [-0.15, -0.1) is 11.3 Å². The summed E-state index contributed by atoms with van der Waals surface area (Å²) in [7, 11) is 0. The quantitative estimate of drug-likeness (QED) is 0.852. The number of pyridine rings is 1. The van der Waals surface area contributed by atoms with Crippen LogP contribution in [0.5, 0.6) is 0 Å². The van der Waals surface area contributed by atoms with Crippen LogP contribution in [-0.2, 0) is 11.0 Å². The molecule has 1 saturated heterocycles. The first-order valence-corrected chi connectivity index (χ1v) is 8.89. The number of hydrogen-bond donors (Lipinski definition) is 1. The molecule has 3 heterocycles. The van der Waals surface area contributed by atoms with Crippen LogP contribution in [0, 0.1) is 18.8 Å². The lowest BCUT2D eigenvalue weighted by molar-refractivity contribution is -0.144. The maximum atomic E-state index is 12.9. The number of halogens is 3. The van der Waals surface area contributed by atoms with Crippen molar-refractivity contribution in [1.29, 1.82) is 0 Å². The predicted octanol–water partition coefficient (Wildman–Crippen LogP) is 3.81. The van der Waals surface area contributed by atoms with E-state index in [2.05, 4.69) is 4.98 Å². The highest BCUT2D eigenvalue weighted by Crippen LogP contribution is 2.35. The summed E-state index contributed by atoms with van der Waals surface area (Å²) in [6.07, 6.45) is -4.05. The van der Waals surface area contributed by atoms with Crippen LogP contribution in [0.1, 0.15) is 34.3 Å². The van der Waals surface area contributed by atoms with Gasteiger partial charge in [0.05, 0.1) is 10.8 Å². The van der Waals surface area contributed by atoms with Gasteiger partial charge < -0.3 is 10.0 Å². The normalized spacial score (nSPS) is 21.2. The fourth-order valence-electron chi connectivity index (χ4n) is 3.30. The zero-order valence-electron chi connectivity index (χ0n) is 14.1. The lowest BCUT2D eigenvalue weighted by atomic mass is 9.90. The number of aliphatic carboxylic acids is 1. The molecule has 0 aliphatic carbocycles. The van der Waals surface area contributed by atoms with Crippen LogP contribution in [-0.4, -0.2) is 40.0 Å². The molecular weight excluding hydrogens is 369 g/mol. The van der Waals surface area contributed by atoms with Crippen LogP contribution in [0.3, 0.4) is 0 Å². The number of carboxylic acids is 1. The summed E-state index contributed by atoms with van der Waals surface area (Å²) in [6, 6.07) is 2.23. The standard InChI is InChI=1S/C17H17F3N2O3S/c1-8-5-10(16(24)25)7-22(6-8)15(23)13-9(2)11-3-4-12(17(18,19)20)21-14(11)26-13/h3-4,8,10H,5-7H2,1-2H3,(H,24,25). The Kier molecular flexibility index (Phi) is 4.68. The number of carboxylic acid groups (broad SMARTS) is 1. The van der Waals surface area contributed by atoms with Gasteiger partial charge in [-0.2, -0.15) is 13.2 Å². The number of alkyl halides is 3. The van der Waals surface area contributed by atoms with Gasteiger partial charge in [0.15, 0.2) is 0 Å². The predicted molar refractivity (Wildman–Crippen MR) is 90.2 cm³/mol. The number of nitrogens with zero attached hydrogens (tertiary/aromatic N) is 2. The third-order valence-corrected chi connectivity index (χ3v) is 5.77. The lowest BCUT2D eigenvalue weighted by Crippen LogP contribution is -2.45. The molecule has 2 aromatic heterocycles. The molecule has 0 aromatic carbocycles. The van der Waals surface area contributed by atoms with Gasteiger partial charge in [-0.1, -0.05) is 6.92 Å². The van der Waals surface area contributed by atoms with Crippen LogP contribution in [0.15, 0.2) is 12.1 Å². The number of carbonyl (C=O) groups is 2. The molecule has 1 aliphatic heterocycles. The van der Waals surface area contributed by atoms with Crippen molar-refractivity contribution in [2.75, 3.05) is 13.1 Å². The number of hydrogen-bond acceptors (Lipinski definition) is 4. The van der Waals surface area contributed by atoms with E-state index in [-0.39, 0.29) is 23.2 Å². The number of rotatable bonds is 2. The summed E-state index contributed by atoms with van der Waals surface area (Å²) in [5.41, 5.74) is -0.427. The molecule has 1 fully saturated rings. The highest BCUT2D eigenvalue weighted by Gasteiger charge is 2.35. The average molecular weight is 386 g/mol. The maximum absolute atomic E-state index is 12.9. The zero-order valence-corrected chi connectivity index (χ0v) is 14.9. The first-order valence-electron chi connectivity index (χ1n) is 8.07. The van der Waals surface area contributed by atoms with E-state index in [1.165, 1.54) is 11.0 Å². The van der Waals surface area contributed by atoms with Gasteiger partial charge >= 0.3 is 12.1 Å². The monoisotopic (exact) mass is 386 g/mol. The fourth-order valence-corrected chi connectivity index (χ4v) is 4.45. The van der Waals surface area contributed by atoms with Crippen molar-refractivity contribution in [1.82, 2.24) is 9.88 Å². The molecule has 1 N–H and O–H groups in total. The van der Waals surface area contributed by atoms with Crippen molar-refractivity contribution in [3.63, 3.8) is 0 Å². The van der Waals surface area contributed by atoms with Crippen LogP contribution >= 0.6 is 11.3 Å². The number of aryl methyl sites for hydroxylation is 1. The van der Waals surface area contributed by atoms with Gasteiger partial charge in [0.1, 0.15) is 10.5 Å². The highest BCUT2D eigenvalue weighted by atomic mass is 32.1. The van der Waals surface area contributed by atoms with Crippen molar-refractivity contribution < 1.29 is 27.9 Å². The van der Waals surface area contributed by atoms with Gasteiger partial charge in [-0.25, -0.2) is 4.98 Å². The van der Waals surface area contributed by atoms with Crippen molar-refractivity contribution in [3.8, 4) is 0 Å². The molecule has 0 bridgehead atoms. The van der Waals surface area contributed by atoms with E-state index in [4.69, 9.17) is 0 Å². The van der Waals surface area contributed by atoms with Crippen LogP contribution in [0.25, 0.3) is 10.2 Å². The van der Waals surface area contributed by atoms with Gasteiger partial charge in [-0.05, 0) is 37.0 Å². The molecule has 26 heavy (non-hydrogen) atoms. The number of piperidine rings is 1. The maximum Gasteiger partial charge on any atom is 0.433 e. The number of aromatic nitrogens is 1. The molecule has 0 spiro atoms. The molecule has 5 nitrogen and oxygen atoms in total. The Hall–Kier alpha value is -2.16. The molecule has 9 heteroatoms. The van der Waals surface area contributed by atoms with E-state index in [1.807, 2.05) is 6.92 Å². The number of carbonyl (C=O) groups excluding carboxylic acids is 1. The first-order chi connectivity index (χ1) is 12.1. The van der Waals surface area contributed by atoms with Gasteiger partial charge in [0, 0.05) is 18.5 Å². The third kappa shape index (κ3) is 3.40. The Balaban J connectivity index is 1.95. The minimum Gasteiger partial charge on any atom is -0.481 e. The minimum atomic E-state index is -4.55. The molecule has 2 aromatic rings. The Labute approximate surface area is 151 Å². The number of amides is 1. The van der Waals surface area contributed by atoms with E-state index < -0.39 is 23.8 Å². The molecule has 1 amide bonds. The first kappa shape index (κ1) is 18.6. The van der Waals surface area contributed by atoms with E-state index in [9.17, 15) is 27.9 Å². The Morgan fingerprint density at radius 2 is 2.00 bits per heavy atom.